The molecule has 1 aromatic rings. The Balaban J connectivity index is 1.56. The highest BCUT2D eigenvalue weighted by atomic mass is 16.6. The van der Waals surface area contributed by atoms with Crippen molar-refractivity contribution in [2.75, 3.05) is 13.1 Å². The fourth-order valence-electron chi connectivity index (χ4n) is 2.82. The van der Waals surface area contributed by atoms with Gasteiger partial charge in [0.15, 0.2) is 0 Å². The zero-order valence-electron chi connectivity index (χ0n) is 10.3. The maximum absolute atomic E-state index is 12.0. The number of benzene rings is 1. The van der Waals surface area contributed by atoms with Crippen molar-refractivity contribution in [1.82, 2.24) is 10.2 Å². The molecule has 0 radical (unpaired) electrons. The van der Waals surface area contributed by atoms with E-state index < -0.39 is 0 Å². The number of nitrogens with one attached hydrogen (secondary N) is 1. The highest BCUT2D eigenvalue weighted by molar-refractivity contribution is 5.68. The lowest BCUT2D eigenvalue weighted by molar-refractivity contribution is 0.0920. The van der Waals surface area contributed by atoms with Crippen LogP contribution in [0.4, 0.5) is 4.79 Å². The number of fused-ring (bicyclic) bond motifs is 2. The van der Waals surface area contributed by atoms with Crippen molar-refractivity contribution in [3.8, 4) is 0 Å². The van der Waals surface area contributed by atoms with Gasteiger partial charge in [-0.05, 0) is 24.9 Å². The Morgan fingerprint density at radius 2 is 2.22 bits per heavy atom. The summed E-state index contributed by atoms with van der Waals surface area (Å²) in [5.74, 6) is 0. The Labute approximate surface area is 107 Å². The minimum absolute atomic E-state index is 0.171. The molecule has 0 aromatic heterocycles. The van der Waals surface area contributed by atoms with Gasteiger partial charge in [-0.1, -0.05) is 30.3 Å². The number of ether oxygens (including phenoxy) is 1. The standard InChI is InChI=1S/C14H18N2O2/c17-14(18-10-11-4-2-1-3-5-11)16-9-12-8-13(16)6-7-15-12/h1-5,12-13,15H,6-10H2/t12-,13+/m0/s1. The number of amides is 1. The van der Waals surface area contributed by atoms with Gasteiger partial charge in [-0.2, -0.15) is 0 Å². The Kier molecular flexibility index (Phi) is 3.19. The highest BCUT2D eigenvalue weighted by Gasteiger charge is 2.38. The second-order valence-electron chi connectivity index (χ2n) is 5.02. The first kappa shape index (κ1) is 11.5. The van der Waals surface area contributed by atoms with Crippen molar-refractivity contribution in [2.24, 2.45) is 0 Å². The quantitative estimate of drug-likeness (QED) is 0.864. The number of piperidine rings is 1. The zero-order valence-corrected chi connectivity index (χ0v) is 10.3. The van der Waals surface area contributed by atoms with Crippen molar-refractivity contribution < 1.29 is 9.53 Å². The summed E-state index contributed by atoms with van der Waals surface area (Å²) in [6.07, 6.45) is 1.94. The molecule has 0 unspecified atom stereocenters. The van der Waals surface area contributed by atoms with Crippen molar-refractivity contribution in [3.63, 3.8) is 0 Å². The fourth-order valence-corrected chi connectivity index (χ4v) is 2.82. The van der Waals surface area contributed by atoms with Crippen LogP contribution in [-0.2, 0) is 11.3 Å². The molecule has 4 heteroatoms. The molecule has 0 saturated carbocycles. The molecule has 1 N–H and O–H groups in total. The van der Waals surface area contributed by atoms with Crippen LogP contribution in [0.25, 0.3) is 0 Å². The molecule has 3 rings (SSSR count). The molecule has 2 bridgehead atoms. The largest absolute Gasteiger partial charge is 0.445 e. The van der Waals surface area contributed by atoms with E-state index in [1.165, 1.54) is 0 Å². The molecule has 1 aromatic carbocycles. The molecule has 2 aliphatic rings. The molecule has 96 valence electrons. The van der Waals surface area contributed by atoms with Crippen molar-refractivity contribution >= 4 is 6.09 Å². The molecule has 0 spiro atoms. The summed E-state index contributed by atoms with van der Waals surface area (Å²) < 4.78 is 5.38. The lowest BCUT2D eigenvalue weighted by atomic mass is 10.1. The van der Waals surface area contributed by atoms with E-state index in [1.54, 1.807) is 0 Å². The molecule has 2 heterocycles. The van der Waals surface area contributed by atoms with E-state index >= 15 is 0 Å². The number of hydrogen-bond acceptors (Lipinski definition) is 3. The molecule has 0 aliphatic carbocycles. The number of likely N-dealkylation sites (tertiary alicyclic amines) is 1. The summed E-state index contributed by atoms with van der Waals surface area (Å²) in [6.45, 7) is 2.16. The monoisotopic (exact) mass is 246 g/mol. The third-order valence-corrected chi connectivity index (χ3v) is 3.76. The van der Waals surface area contributed by atoms with Gasteiger partial charge in [-0.15, -0.1) is 0 Å². The Hall–Kier alpha value is -1.55. The summed E-state index contributed by atoms with van der Waals surface area (Å²) in [5.41, 5.74) is 1.03. The van der Waals surface area contributed by atoms with E-state index in [4.69, 9.17) is 4.74 Å². The number of rotatable bonds is 2. The van der Waals surface area contributed by atoms with Crippen LogP contribution in [-0.4, -0.2) is 36.2 Å². The van der Waals surface area contributed by atoms with E-state index in [0.717, 1.165) is 31.5 Å². The van der Waals surface area contributed by atoms with Crippen molar-refractivity contribution in [2.45, 2.75) is 31.5 Å². The van der Waals surface area contributed by atoms with Gasteiger partial charge in [-0.3, -0.25) is 0 Å². The van der Waals surface area contributed by atoms with Crippen LogP contribution in [0.5, 0.6) is 0 Å². The number of carbonyl (C=O) groups excluding carboxylic acids is 1. The summed E-state index contributed by atoms with van der Waals surface area (Å²) in [4.78, 5) is 13.9. The first-order valence-electron chi connectivity index (χ1n) is 6.53. The van der Waals surface area contributed by atoms with Gasteiger partial charge in [0.25, 0.3) is 0 Å². The molecule has 2 saturated heterocycles. The normalized spacial score (nSPS) is 26.1. The first-order chi connectivity index (χ1) is 8.83. The van der Waals surface area contributed by atoms with Crippen molar-refractivity contribution in [3.05, 3.63) is 35.9 Å². The van der Waals surface area contributed by atoms with Crippen LogP contribution < -0.4 is 5.32 Å². The van der Waals surface area contributed by atoms with Gasteiger partial charge < -0.3 is 15.0 Å². The van der Waals surface area contributed by atoms with E-state index in [2.05, 4.69) is 5.32 Å². The highest BCUT2D eigenvalue weighted by Crippen LogP contribution is 2.25. The van der Waals surface area contributed by atoms with E-state index in [0.29, 0.717) is 18.7 Å². The molecule has 2 fully saturated rings. The maximum Gasteiger partial charge on any atom is 0.410 e. The summed E-state index contributed by atoms with van der Waals surface area (Å²) in [5, 5.41) is 3.42. The first-order valence-corrected chi connectivity index (χ1v) is 6.53. The minimum Gasteiger partial charge on any atom is -0.445 e. The number of hydrogen-bond donors (Lipinski definition) is 1. The van der Waals surface area contributed by atoms with Gasteiger partial charge in [0, 0.05) is 18.6 Å². The van der Waals surface area contributed by atoms with E-state index in [-0.39, 0.29) is 6.09 Å². The van der Waals surface area contributed by atoms with Crippen LogP contribution in [0.15, 0.2) is 30.3 Å². The Bertz CT molecular complexity index is 421. The SMILES string of the molecule is O=C(OCc1ccccc1)N1C[C@@H]2C[C@H]1CCN2. The summed E-state index contributed by atoms with van der Waals surface area (Å²) in [6, 6.07) is 10.6. The fraction of sp³-hybridized carbons (Fsp3) is 0.500. The minimum atomic E-state index is -0.171. The van der Waals surface area contributed by atoms with Crippen molar-refractivity contribution in [1.29, 1.82) is 0 Å². The molecule has 2 atom stereocenters. The third kappa shape index (κ3) is 2.34. The predicted octanol–water partition coefficient (Wildman–Crippen LogP) is 1.76. The Morgan fingerprint density at radius 1 is 1.39 bits per heavy atom. The van der Waals surface area contributed by atoms with Crippen LogP contribution in [0, 0.1) is 0 Å². The lowest BCUT2D eigenvalue weighted by Gasteiger charge is -2.23. The Morgan fingerprint density at radius 3 is 3.00 bits per heavy atom. The van der Waals surface area contributed by atoms with E-state index in [9.17, 15) is 4.79 Å². The predicted molar refractivity (Wildman–Crippen MR) is 68.1 cm³/mol. The number of nitrogens with zero attached hydrogens (tertiary/aromatic N) is 1. The average Bonchev–Trinajstić information content (AvgIpc) is 2.72. The summed E-state index contributed by atoms with van der Waals surface area (Å²) >= 11 is 0. The zero-order chi connectivity index (χ0) is 12.4. The smallest absolute Gasteiger partial charge is 0.410 e. The molecule has 1 amide bonds. The lowest BCUT2D eigenvalue weighted by Crippen LogP contribution is -2.36. The molecular weight excluding hydrogens is 228 g/mol. The molecule has 2 aliphatic heterocycles. The second-order valence-corrected chi connectivity index (χ2v) is 5.02. The van der Waals surface area contributed by atoms with Crippen LogP contribution in [0.2, 0.25) is 0 Å². The van der Waals surface area contributed by atoms with Gasteiger partial charge in [0.05, 0.1) is 0 Å². The van der Waals surface area contributed by atoms with Crippen LogP contribution in [0.1, 0.15) is 18.4 Å². The van der Waals surface area contributed by atoms with Gasteiger partial charge in [0.2, 0.25) is 0 Å². The molecular formula is C14H18N2O2. The van der Waals surface area contributed by atoms with Gasteiger partial charge in [0.1, 0.15) is 6.61 Å². The summed E-state index contributed by atoms with van der Waals surface area (Å²) in [7, 11) is 0. The van der Waals surface area contributed by atoms with Gasteiger partial charge >= 0.3 is 6.09 Å². The number of carbonyl (C=O) groups is 1. The van der Waals surface area contributed by atoms with Crippen LogP contribution in [0.3, 0.4) is 0 Å². The topological polar surface area (TPSA) is 41.6 Å². The second kappa shape index (κ2) is 4.98. The van der Waals surface area contributed by atoms with Crippen LogP contribution >= 0.6 is 0 Å². The third-order valence-electron chi connectivity index (χ3n) is 3.76. The average molecular weight is 246 g/mol. The van der Waals surface area contributed by atoms with E-state index in [1.807, 2.05) is 35.2 Å². The molecule has 4 nitrogen and oxygen atoms in total. The molecule has 18 heavy (non-hydrogen) atoms. The van der Waals surface area contributed by atoms with Gasteiger partial charge in [-0.25, -0.2) is 4.79 Å². The maximum atomic E-state index is 12.0.